The van der Waals surface area contributed by atoms with E-state index in [4.69, 9.17) is 5.73 Å². The minimum absolute atomic E-state index is 0.0648. The number of hydrogen-bond acceptors (Lipinski definition) is 3. The molecule has 1 fully saturated rings. The lowest BCUT2D eigenvalue weighted by molar-refractivity contribution is 0.0874. The molecule has 5 heteroatoms. The number of carbonyl (C=O) groups excluding carboxylic acids is 1. The van der Waals surface area contributed by atoms with E-state index in [1.165, 1.54) is 0 Å². The molecule has 1 heterocycles. The minimum Gasteiger partial charge on any atom is -0.399 e. The number of benzene rings is 1. The second-order valence-electron chi connectivity index (χ2n) is 5.81. The Balaban J connectivity index is 1.80. The summed E-state index contributed by atoms with van der Waals surface area (Å²) in [4.78, 5) is 15.6. The zero-order valence-electron chi connectivity index (χ0n) is 11.9. The number of nitrogen functional groups attached to an aromatic ring is 1. The van der Waals surface area contributed by atoms with E-state index >= 15 is 0 Å². The molecule has 3 rings (SSSR count). The molecule has 5 N–H and O–H groups in total. The number of aliphatic hydroxyl groups is 1. The van der Waals surface area contributed by atoms with Crippen molar-refractivity contribution in [1.82, 2.24) is 10.3 Å². The molecule has 0 spiro atoms. The Hall–Kier alpha value is -2.01. The molecule has 2 atom stereocenters. The first-order valence-electron chi connectivity index (χ1n) is 7.47. The number of aliphatic hydroxyl groups excluding tert-OH is 1. The first-order chi connectivity index (χ1) is 10.2. The molecular formula is C16H21N3O2. The Morgan fingerprint density at radius 3 is 3.00 bits per heavy atom. The number of carbonyl (C=O) groups is 1. The lowest BCUT2D eigenvalue weighted by atomic mass is 9.85. The van der Waals surface area contributed by atoms with Gasteiger partial charge < -0.3 is 21.1 Å². The molecule has 0 aliphatic heterocycles. The molecule has 0 radical (unpaired) electrons. The van der Waals surface area contributed by atoms with Crippen molar-refractivity contribution in [2.24, 2.45) is 5.92 Å². The highest BCUT2D eigenvalue weighted by atomic mass is 16.3. The van der Waals surface area contributed by atoms with Crippen molar-refractivity contribution in [2.75, 3.05) is 12.3 Å². The molecule has 1 amide bonds. The van der Waals surface area contributed by atoms with Crippen molar-refractivity contribution in [2.45, 2.75) is 31.7 Å². The fraction of sp³-hybridized carbons (Fsp3) is 0.438. The monoisotopic (exact) mass is 287 g/mol. The Morgan fingerprint density at radius 2 is 2.19 bits per heavy atom. The van der Waals surface area contributed by atoms with Crippen LogP contribution in [0.15, 0.2) is 24.4 Å². The molecule has 2 unspecified atom stereocenters. The number of nitrogens with one attached hydrogen (secondary N) is 2. The molecule has 2 aromatic rings. The zero-order valence-corrected chi connectivity index (χ0v) is 11.9. The molecular weight excluding hydrogens is 266 g/mol. The summed E-state index contributed by atoms with van der Waals surface area (Å²) < 4.78 is 0. The van der Waals surface area contributed by atoms with Crippen LogP contribution < -0.4 is 11.1 Å². The molecule has 1 aliphatic rings. The van der Waals surface area contributed by atoms with Crippen LogP contribution in [-0.2, 0) is 0 Å². The summed E-state index contributed by atoms with van der Waals surface area (Å²) in [5, 5.41) is 13.4. The molecule has 112 valence electrons. The van der Waals surface area contributed by atoms with Crippen molar-refractivity contribution < 1.29 is 9.90 Å². The quantitative estimate of drug-likeness (QED) is 0.651. The standard InChI is InChI=1S/C16H21N3O2/c17-11-5-6-12-13(8-18-15(12)7-11)16(21)19-14-4-2-1-3-10(14)9-20/h5-8,10,14,18,20H,1-4,9,17H2,(H,19,21). The molecule has 1 aromatic heterocycles. The van der Waals surface area contributed by atoms with Gasteiger partial charge in [-0.1, -0.05) is 12.8 Å². The molecule has 0 saturated heterocycles. The van der Waals surface area contributed by atoms with Crippen LogP contribution in [0.25, 0.3) is 10.9 Å². The number of amides is 1. The van der Waals surface area contributed by atoms with E-state index in [9.17, 15) is 9.90 Å². The summed E-state index contributed by atoms with van der Waals surface area (Å²) in [6, 6.07) is 5.54. The fourth-order valence-corrected chi connectivity index (χ4v) is 3.19. The van der Waals surface area contributed by atoms with Crippen molar-refractivity contribution in [3.63, 3.8) is 0 Å². The van der Waals surface area contributed by atoms with E-state index < -0.39 is 0 Å². The van der Waals surface area contributed by atoms with Crippen LogP contribution in [0.2, 0.25) is 0 Å². The lowest BCUT2D eigenvalue weighted by Crippen LogP contribution is -2.43. The summed E-state index contributed by atoms with van der Waals surface area (Å²) in [7, 11) is 0. The van der Waals surface area contributed by atoms with E-state index in [0.29, 0.717) is 11.3 Å². The van der Waals surface area contributed by atoms with E-state index in [-0.39, 0.29) is 24.5 Å². The third kappa shape index (κ3) is 2.74. The van der Waals surface area contributed by atoms with Gasteiger partial charge in [0.25, 0.3) is 5.91 Å². The molecule has 21 heavy (non-hydrogen) atoms. The number of fused-ring (bicyclic) bond motifs is 1. The number of H-pyrrole nitrogens is 1. The van der Waals surface area contributed by atoms with Crippen LogP contribution in [0, 0.1) is 5.92 Å². The highest BCUT2D eigenvalue weighted by Gasteiger charge is 2.26. The van der Waals surface area contributed by atoms with E-state index in [1.807, 2.05) is 12.1 Å². The second kappa shape index (κ2) is 5.77. The SMILES string of the molecule is Nc1ccc2c(C(=O)NC3CCCCC3CO)c[nH]c2c1. The predicted molar refractivity (Wildman–Crippen MR) is 83.0 cm³/mol. The molecule has 1 aliphatic carbocycles. The first kappa shape index (κ1) is 13.9. The number of hydrogen-bond donors (Lipinski definition) is 4. The molecule has 0 bridgehead atoms. The number of aromatic nitrogens is 1. The highest BCUT2D eigenvalue weighted by Crippen LogP contribution is 2.25. The van der Waals surface area contributed by atoms with Crippen molar-refractivity contribution in [1.29, 1.82) is 0 Å². The average molecular weight is 287 g/mol. The summed E-state index contributed by atoms with van der Waals surface area (Å²) >= 11 is 0. The third-order valence-electron chi connectivity index (χ3n) is 4.41. The van der Waals surface area contributed by atoms with Gasteiger partial charge in [0.2, 0.25) is 0 Å². The summed E-state index contributed by atoms with van der Waals surface area (Å²) in [6.45, 7) is 0.134. The molecule has 1 aromatic carbocycles. The van der Waals surface area contributed by atoms with Crippen LogP contribution in [0.4, 0.5) is 5.69 Å². The van der Waals surface area contributed by atoms with E-state index in [1.54, 1.807) is 12.3 Å². The van der Waals surface area contributed by atoms with Crippen molar-refractivity contribution in [3.05, 3.63) is 30.0 Å². The number of aromatic amines is 1. The van der Waals surface area contributed by atoms with Gasteiger partial charge >= 0.3 is 0 Å². The van der Waals surface area contributed by atoms with Gasteiger partial charge in [0.1, 0.15) is 0 Å². The van der Waals surface area contributed by atoms with Crippen molar-refractivity contribution >= 4 is 22.5 Å². The van der Waals surface area contributed by atoms with Gasteiger partial charge in [-0.25, -0.2) is 0 Å². The Morgan fingerprint density at radius 1 is 1.38 bits per heavy atom. The van der Waals surface area contributed by atoms with Gasteiger partial charge in [-0.15, -0.1) is 0 Å². The van der Waals surface area contributed by atoms with Crippen LogP contribution >= 0.6 is 0 Å². The Kier molecular flexibility index (Phi) is 3.84. The second-order valence-corrected chi connectivity index (χ2v) is 5.81. The molecule has 5 nitrogen and oxygen atoms in total. The normalized spacial score (nSPS) is 22.3. The predicted octanol–water partition coefficient (Wildman–Crippen LogP) is 2.03. The minimum atomic E-state index is -0.0867. The van der Waals surface area contributed by atoms with Gasteiger partial charge in [0.15, 0.2) is 0 Å². The smallest absolute Gasteiger partial charge is 0.253 e. The highest BCUT2D eigenvalue weighted by molar-refractivity contribution is 6.07. The molecule has 1 saturated carbocycles. The zero-order chi connectivity index (χ0) is 14.8. The summed E-state index contributed by atoms with van der Waals surface area (Å²) in [5.41, 5.74) is 7.91. The fourth-order valence-electron chi connectivity index (χ4n) is 3.19. The van der Waals surface area contributed by atoms with Gasteiger partial charge in [0, 0.05) is 41.4 Å². The first-order valence-corrected chi connectivity index (χ1v) is 7.47. The summed E-state index contributed by atoms with van der Waals surface area (Å²) in [6.07, 6.45) is 5.87. The third-order valence-corrected chi connectivity index (χ3v) is 4.41. The van der Waals surface area contributed by atoms with Gasteiger partial charge in [0.05, 0.1) is 5.56 Å². The van der Waals surface area contributed by atoms with Crippen molar-refractivity contribution in [3.8, 4) is 0 Å². The van der Waals surface area contributed by atoms with Crippen LogP contribution in [0.5, 0.6) is 0 Å². The van der Waals surface area contributed by atoms with Gasteiger partial charge in [-0.05, 0) is 31.0 Å². The number of nitrogens with two attached hydrogens (primary N) is 1. The van der Waals surface area contributed by atoms with E-state index in [0.717, 1.165) is 36.6 Å². The average Bonchev–Trinajstić information content (AvgIpc) is 2.90. The van der Waals surface area contributed by atoms with Crippen LogP contribution in [0.3, 0.4) is 0 Å². The number of rotatable bonds is 3. The largest absolute Gasteiger partial charge is 0.399 e. The summed E-state index contributed by atoms with van der Waals surface area (Å²) in [5.74, 6) is 0.0833. The van der Waals surface area contributed by atoms with Crippen LogP contribution in [-0.4, -0.2) is 28.6 Å². The maximum absolute atomic E-state index is 12.5. The Labute approximate surface area is 123 Å². The lowest BCUT2D eigenvalue weighted by Gasteiger charge is -2.30. The van der Waals surface area contributed by atoms with Crippen LogP contribution in [0.1, 0.15) is 36.0 Å². The van der Waals surface area contributed by atoms with Gasteiger partial charge in [-0.2, -0.15) is 0 Å². The topological polar surface area (TPSA) is 91.1 Å². The maximum atomic E-state index is 12.5. The maximum Gasteiger partial charge on any atom is 0.253 e. The van der Waals surface area contributed by atoms with E-state index in [2.05, 4.69) is 10.3 Å². The Bertz CT molecular complexity index is 650. The number of anilines is 1. The van der Waals surface area contributed by atoms with Gasteiger partial charge in [-0.3, -0.25) is 4.79 Å².